The minimum atomic E-state index is -0.653. The topological polar surface area (TPSA) is 65.7 Å². The van der Waals surface area contributed by atoms with Gasteiger partial charge in [0, 0.05) is 23.3 Å². The number of allylic oxidation sites excluding steroid dienone is 2. The Labute approximate surface area is 225 Å². The van der Waals surface area contributed by atoms with Crippen LogP contribution in [0.3, 0.4) is 0 Å². The summed E-state index contributed by atoms with van der Waals surface area (Å²) in [5.41, 5.74) is 0.906. The molecule has 0 aliphatic rings. The van der Waals surface area contributed by atoms with Gasteiger partial charge in [-0.05, 0) is 58.4 Å². The molecule has 1 unspecified atom stereocenters. The van der Waals surface area contributed by atoms with Crippen LogP contribution in [0.1, 0.15) is 123 Å². The molecule has 6 nitrogen and oxygen atoms in total. The van der Waals surface area contributed by atoms with Gasteiger partial charge in [-0.2, -0.15) is 4.84 Å². The van der Waals surface area contributed by atoms with Crippen molar-refractivity contribution in [1.29, 1.82) is 0 Å². The van der Waals surface area contributed by atoms with E-state index in [1.807, 2.05) is 26.0 Å². The molecule has 37 heavy (non-hydrogen) atoms. The lowest BCUT2D eigenvalue weighted by Gasteiger charge is -2.18. The van der Waals surface area contributed by atoms with Crippen LogP contribution in [0.2, 0.25) is 0 Å². The van der Waals surface area contributed by atoms with Crippen LogP contribution in [0.4, 0.5) is 0 Å². The molecule has 1 atom stereocenters. The fraction of sp³-hybridized carbons (Fsp3) is 0.710. The van der Waals surface area contributed by atoms with Crippen molar-refractivity contribution in [2.24, 2.45) is 0 Å². The monoisotopic (exact) mass is 518 g/mol. The van der Waals surface area contributed by atoms with E-state index in [4.69, 9.17) is 14.3 Å². The van der Waals surface area contributed by atoms with Crippen molar-refractivity contribution in [2.45, 2.75) is 136 Å². The minimum Gasteiger partial charge on any atom is -0.464 e. The molecule has 6 heteroatoms. The number of ether oxygens (including phenoxy) is 2. The number of unbranched alkanes of at least 4 members (excludes halogenated alkanes) is 11. The van der Waals surface area contributed by atoms with E-state index < -0.39 is 6.10 Å². The maximum absolute atomic E-state index is 12.2. The highest BCUT2D eigenvalue weighted by atomic mass is 16.7. The van der Waals surface area contributed by atoms with E-state index in [0.717, 1.165) is 31.2 Å². The van der Waals surface area contributed by atoms with Crippen molar-refractivity contribution in [3.8, 4) is 0 Å². The molecule has 0 aliphatic heterocycles. The van der Waals surface area contributed by atoms with Crippen molar-refractivity contribution < 1.29 is 28.6 Å². The predicted octanol–water partition coefficient (Wildman–Crippen LogP) is 6.87. The Balaban J connectivity index is 2.14. The van der Waals surface area contributed by atoms with Crippen molar-refractivity contribution in [3.63, 3.8) is 0 Å². The molecule has 1 heterocycles. The van der Waals surface area contributed by atoms with Crippen molar-refractivity contribution in [3.05, 3.63) is 42.2 Å². The quantitative estimate of drug-likeness (QED) is 0.0725. The number of aromatic nitrogens is 1. The average Bonchev–Trinajstić information content (AvgIpc) is 2.87. The molecule has 0 bridgehead atoms. The summed E-state index contributed by atoms with van der Waals surface area (Å²) in [4.78, 5) is 29.7. The normalized spacial score (nSPS) is 12.2. The van der Waals surface area contributed by atoms with Gasteiger partial charge < -0.3 is 9.47 Å². The molecule has 0 radical (unpaired) electrons. The number of hydrogen-bond acceptors (Lipinski definition) is 5. The van der Waals surface area contributed by atoms with E-state index in [-0.39, 0.29) is 18.0 Å². The summed E-state index contributed by atoms with van der Waals surface area (Å²) < 4.78 is 12.2. The van der Waals surface area contributed by atoms with E-state index in [1.54, 1.807) is 19.3 Å². The lowest BCUT2D eigenvalue weighted by atomic mass is 10.1. The second kappa shape index (κ2) is 21.8. The molecule has 0 saturated heterocycles. The summed E-state index contributed by atoms with van der Waals surface area (Å²) in [5.74, 6) is -0.595. The zero-order valence-corrected chi connectivity index (χ0v) is 23.9. The first-order valence-corrected chi connectivity index (χ1v) is 14.6. The Morgan fingerprint density at radius 1 is 0.838 bits per heavy atom. The molecule has 0 aromatic carbocycles. The fourth-order valence-corrected chi connectivity index (χ4v) is 4.11. The number of rotatable bonds is 22. The van der Waals surface area contributed by atoms with E-state index in [9.17, 15) is 9.59 Å². The van der Waals surface area contributed by atoms with E-state index in [0.29, 0.717) is 19.4 Å². The molecule has 1 aromatic rings. The van der Waals surface area contributed by atoms with Crippen molar-refractivity contribution in [1.82, 2.24) is 0 Å². The molecule has 0 spiro atoms. The molecule has 1 aromatic heterocycles. The highest BCUT2D eigenvalue weighted by Gasteiger charge is 2.23. The van der Waals surface area contributed by atoms with E-state index >= 15 is 0 Å². The molecule has 210 valence electrons. The number of carbonyl (C=O) groups excluding carboxylic acids is 2. The number of hydrogen-bond donors (Lipinski definition) is 0. The largest absolute Gasteiger partial charge is 0.464 e. The van der Waals surface area contributed by atoms with Gasteiger partial charge in [0.1, 0.15) is 0 Å². The van der Waals surface area contributed by atoms with Crippen molar-refractivity contribution in [2.75, 3.05) is 6.61 Å². The number of pyridine rings is 1. The van der Waals surface area contributed by atoms with Crippen LogP contribution in [0, 0.1) is 0 Å². The third kappa shape index (κ3) is 17.8. The molecule has 0 N–H and O–H groups in total. The maximum atomic E-state index is 12.2. The van der Waals surface area contributed by atoms with E-state index in [2.05, 4.69) is 19.1 Å². The minimum absolute atomic E-state index is 0.0828. The van der Waals surface area contributed by atoms with Crippen LogP contribution in [-0.4, -0.2) is 30.8 Å². The first kappa shape index (κ1) is 32.8. The van der Waals surface area contributed by atoms with Gasteiger partial charge in [0.15, 0.2) is 6.10 Å². The standard InChI is InChI=1S/C31H52NO5/c1-5-7-8-9-10-11-12-13-14-15-16-17-18-19-20-21-30(33)37-32-24-22-28(23-25-32)26-29(36-27(3)4)31(34)35-6-2/h13-14,22-25,27,29H,5-12,15-21,26H2,1-4H3/q+1/b14-13-. The van der Waals surface area contributed by atoms with Crippen LogP contribution in [-0.2, 0) is 25.5 Å². The number of esters is 1. The van der Waals surface area contributed by atoms with Crippen LogP contribution in [0.15, 0.2) is 36.7 Å². The highest BCUT2D eigenvalue weighted by molar-refractivity contribution is 5.75. The summed E-state index contributed by atoms with van der Waals surface area (Å²) in [6.07, 6.45) is 24.1. The van der Waals surface area contributed by atoms with Crippen molar-refractivity contribution >= 4 is 11.9 Å². The Morgan fingerprint density at radius 2 is 1.41 bits per heavy atom. The van der Waals surface area contributed by atoms with E-state index in [1.165, 1.54) is 62.5 Å². The number of carbonyl (C=O) groups is 2. The molecule has 1 rings (SSSR count). The molecule has 0 aliphatic carbocycles. The predicted molar refractivity (Wildman–Crippen MR) is 148 cm³/mol. The Morgan fingerprint density at radius 3 is 1.97 bits per heavy atom. The van der Waals surface area contributed by atoms with Gasteiger partial charge >= 0.3 is 11.9 Å². The van der Waals surface area contributed by atoms with Gasteiger partial charge in [-0.1, -0.05) is 70.4 Å². The Hall–Kier alpha value is -2.21. The van der Waals surface area contributed by atoms with Crippen LogP contribution < -0.4 is 9.57 Å². The lowest BCUT2D eigenvalue weighted by molar-refractivity contribution is -0.869. The summed E-state index contributed by atoms with van der Waals surface area (Å²) in [5, 5.41) is 0. The van der Waals surface area contributed by atoms with Crippen LogP contribution in [0.25, 0.3) is 0 Å². The van der Waals surface area contributed by atoms with Crippen LogP contribution in [0.5, 0.6) is 0 Å². The Kier molecular flexibility index (Phi) is 19.4. The highest BCUT2D eigenvalue weighted by Crippen LogP contribution is 2.11. The van der Waals surface area contributed by atoms with Crippen LogP contribution >= 0.6 is 0 Å². The third-order valence-corrected chi connectivity index (χ3v) is 6.13. The smallest absolute Gasteiger partial charge is 0.380 e. The van der Waals surface area contributed by atoms with Gasteiger partial charge in [-0.25, -0.2) is 9.59 Å². The SMILES string of the molecule is CCCCCCCC/C=C\CCCCCCCC(=O)O[n+]1ccc(CC(OC(C)C)C(=O)OCC)cc1. The first-order chi connectivity index (χ1) is 18.0. The van der Waals surface area contributed by atoms with Gasteiger partial charge in [-0.15, -0.1) is 0 Å². The average molecular weight is 519 g/mol. The van der Waals surface area contributed by atoms with Gasteiger partial charge in [0.25, 0.3) is 0 Å². The lowest BCUT2D eigenvalue weighted by Crippen LogP contribution is -2.45. The summed E-state index contributed by atoms with van der Waals surface area (Å²) in [6, 6.07) is 3.65. The molecule has 0 fully saturated rings. The summed E-state index contributed by atoms with van der Waals surface area (Å²) in [6.45, 7) is 8.13. The molecule has 0 saturated carbocycles. The Bertz CT molecular complexity index is 744. The number of nitrogens with zero attached hydrogens (tertiary/aromatic N) is 1. The molecular weight excluding hydrogens is 466 g/mol. The maximum Gasteiger partial charge on any atom is 0.380 e. The molecular formula is C31H52NO5+. The fourth-order valence-electron chi connectivity index (χ4n) is 4.11. The summed E-state index contributed by atoms with van der Waals surface area (Å²) in [7, 11) is 0. The zero-order chi connectivity index (χ0) is 27.1. The first-order valence-electron chi connectivity index (χ1n) is 14.6. The second-order valence-corrected chi connectivity index (χ2v) is 9.99. The summed E-state index contributed by atoms with van der Waals surface area (Å²) >= 11 is 0. The van der Waals surface area contributed by atoms with Gasteiger partial charge in [0.2, 0.25) is 12.4 Å². The van der Waals surface area contributed by atoms with Gasteiger partial charge in [-0.3, -0.25) is 0 Å². The third-order valence-electron chi connectivity index (χ3n) is 6.13. The molecule has 0 amide bonds. The van der Waals surface area contributed by atoms with Gasteiger partial charge in [0.05, 0.1) is 19.1 Å². The zero-order valence-electron chi connectivity index (χ0n) is 23.9. The second-order valence-electron chi connectivity index (χ2n) is 9.99.